The highest BCUT2D eigenvalue weighted by Gasteiger charge is 2.06. The van der Waals surface area contributed by atoms with Crippen LogP contribution < -0.4 is 10.2 Å². The van der Waals surface area contributed by atoms with Gasteiger partial charge in [-0.25, -0.2) is 5.43 Å². The molecule has 120 valence electrons. The second-order valence-electron chi connectivity index (χ2n) is 4.72. The van der Waals surface area contributed by atoms with Gasteiger partial charge in [-0.1, -0.05) is 29.3 Å². The molecule has 0 bridgehead atoms. The highest BCUT2D eigenvalue weighted by molar-refractivity contribution is 9.10. The van der Waals surface area contributed by atoms with E-state index in [9.17, 15) is 9.90 Å². The summed E-state index contributed by atoms with van der Waals surface area (Å²) >= 11 is 9.05. The summed E-state index contributed by atoms with van der Waals surface area (Å²) in [7, 11) is 0. The van der Waals surface area contributed by atoms with Crippen molar-refractivity contribution >= 4 is 39.7 Å². The normalized spacial score (nSPS) is 10.7. The van der Waals surface area contributed by atoms with Gasteiger partial charge in [-0.2, -0.15) is 5.10 Å². The minimum atomic E-state index is -0.414. The van der Waals surface area contributed by atoms with Crippen LogP contribution in [0, 0.1) is 6.92 Å². The van der Waals surface area contributed by atoms with Gasteiger partial charge >= 0.3 is 0 Å². The van der Waals surface area contributed by atoms with Gasteiger partial charge in [-0.3, -0.25) is 4.79 Å². The summed E-state index contributed by atoms with van der Waals surface area (Å²) in [5, 5.41) is 14.0. The fraction of sp³-hybridized carbons (Fsp3) is 0.125. The Morgan fingerprint density at radius 2 is 2.09 bits per heavy atom. The zero-order valence-electron chi connectivity index (χ0n) is 12.2. The van der Waals surface area contributed by atoms with Gasteiger partial charge in [0.15, 0.2) is 6.61 Å². The van der Waals surface area contributed by atoms with Crippen LogP contribution in [0.15, 0.2) is 46.0 Å². The summed E-state index contributed by atoms with van der Waals surface area (Å²) in [6.07, 6.45) is 1.30. The van der Waals surface area contributed by atoms with Crippen LogP contribution in [-0.2, 0) is 4.79 Å². The number of amides is 1. The monoisotopic (exact) mass is 396 g/mol. The predicted molar refractivity (Wildman–Crippen MR) is 93.2 cm³/mol. The summed E-state index contributed by atoms with van der Waals surface area (Å²) in [6, 6.07) is 10.4. The van der Waals surface area contributed by atoms with Gasteiger partial charge in [0.25, 0.3) is 5.91 Å². The molecule has 0 radical (unpaired) electrons. The highest BCUT2D eigenvalue weighted by Crippen LogP contribution is 2.30. The molecule has 0 aromatic heterocycles. The standard InChI is InChI=1S/C16H14BrClN2O3/c1-10-2-4-13(5-3-10)23-9-15(21)20-19-8-11-6-12(18)7-14(17)16(11)22/h2-8,22H,9H2,1H3,(H,20,21)/b19-8-. The first-order valence-corrected chi connectivity index (χ1v) is 7.82. The summed E-state index contributed by atoms with van der Waals surface area (Å²) < 4.78 is 5.77. The van der Waals surface area contributed by atoms with Crippen LogP contribution in [0.1, 0.15) is 11.1 Å². The lowest BCUT2D eigenvalue weighted by molar-refractivity contribution is -0.123. The first kappa shape index (κ1) is 17.3. The molecule has 2 aromatic rings. The molecule has 0 heterocycles. The van der Waals surface area contributed by atoms with Gasteiger partial charge in [-0.05, 0) is 47.1 Å². The topological polar surface area (TPSA) is 70.9 Å². The molecule has 5 nitrogen and oxygen atoms in total. The molecule has 23 heavy (non-hydrogen) atoms. The van der Waals surface area contributed by atoms with Crippen molar-refractivity contribution in [1.29, 1.82) is 0 Å². The van der Waals surface area contributed by atoms with Crippen LogP contribution in [0.2, 0.25) is 5.02 Å². The van der Waals surface area contributed by atoms with Crippen molar-refractivity contribution in [2.75, 3.05) is 6.61 Å². The fourth-order valence-electron chi connectivity index (χ4n) is 1.67. The number of hydrogen-bond donors (Lipinski definition) is 2. The van der Waals surface area contributed by atoms with Gasteiger partial charge in [-0.15, -0.1) is 0 Å². The van der Waals surface area contributed by atoms with Crippen molar-refractivity contribution in [2.45, 2.75) is 6.92 Å². The largest absolute Gasteiger partial charge is 0.506 e. The molecule has 0 saturated heterocycles. The van der Waals surface area contributed by atoms with E-state index in [-0.39, 0.29) is 12.4 Å². The average Bonchev–Trinajstić information content (AvgIpc) is 2.51. The molecule has 0 aliphatic heterocycles. The molecule has 2 N–H and O–H groups in total. The minimum Gasteiger partial charge on any atom is -0.506 e. The van der Waals surface area contributed by atoms with Gasteiger partial charge in [0.1, 0.15) is 11.5 Å². The maximum Gasteiger partial charge on any atom is 0.277 e. The lowest BCUT2D eigenvalue weighted by Crippen LogP contribution is -2.24. The number of phenols is 1. The maximum atomic E-state index is 11.6. The molecule has 0 spiro atoms. The number of aromatic hydroxyl groups is 1. The fourth-order valence-corrected chi connectivity index (χ4v) is 2.51. The van der Waals surface area contributed by atoms with Crippen molar-refractivity contribution in [2.24, 2.45) is 5.10 Å². The number of carbonyl (C=O) groups is 1. The summed E-state index contributed by atoms with van der Waals surface area (Å²) in [5.74, 6) is 0.178. The lowest BCUT2D eigenvalue weighted by atomic mass is 10.2. The third kappa shape index (κ3) is 5.26. The van der Waals surface area contributed by atoms with Gasteiger partial charge in [0.05, 0.1) is 10.7 Å². The number of benzene rings is 2. The molecule has 0 aliphatic rings. The number of hydrogen-bond acceptors (Lipinski definition) is 4. The molecule has 0 unspecified atom stereocenters. The molecule has 7 heteroatoms. The molecule has 1 amide bonds. The van der Waals surface area contributed by atoms with Gasteiger partial charge in [0, 0.05) is 10.6 Å². The Morgan fingerprint density at radius 1 is 1.39 bits per heavy atom. The Morgan fingerprint density at radius 3 is 2.78 bits per heavy atom. The van der Waals surface area contributed by atoms with Crippen molar-refractivity contribution in [3.05, 3.63) is 57.0 Å². The van der Waals surface area contributed by atoms with E-state index in [2.05, 4.69) is 26.5 Å². The average molecular weight is 398 g/mol. The van der Waals surface area contributed by atoms with Crippen LogP contribution >= 0.6 is 27.5 Å². The quantitative estimate of drug-likeness (QED) is 0.598. The van der Waals surface area contributed by atoms with E-state index in [0.717, 1.165) is 5.56 Å². The second-order valence-corrected chi connectivity index (χ2v) is 6.01. The lowest BCUT2D eigenvalue weighted by Gasteiger charge is -2.05. The summed E-state index contributed by atoms with van der Waals surface area (Å²) in [5.41, 5.74) is 3.80. The molecule has 2 rings (SSSR count). The zero-order chi connectivity index (χ0) is 16.8. The van der Waals surface area contributed by atoms with E-state index in [4.69, 9.17) is 16.3 Å². The van der Waals surface area contributed by atoms with E-state index in [1.54, 1.807) is 18.2 Å². The SMILES string of the molecule is Cc1ccc(OCC(=O)N/N=C\c2cc(Cl)cc(Br)c2O)cc1. The molecular weight excluding hydrogens is 384 g/mol. The van der Waals surface area contributed by atoms with Crippen molar-refractivity contribution < 1.29 is 14.6 Å². The number of phenolic OH excluding ortho intramolecular Hbond substituents is 1. The van der Waals surface area contributed by atoms with Gasteiger partial charge < -0.3 is 9.84 Å². The number of rotatable bonds is 5. The Kier molecular flexibility index (Phi) is 6.01. The van der Waals surface area contributed by atoms with Crippen molar-refractivity contribution in [3.63, 3.8) is 0 Å². The minimum absolute atomic E-state index is 0.0108. The first-order valence-electron chi connectivity index (χ1n) is 6.65. The number of carbonyl (C=O) groups excluding carboxylic acids is 1. The zero-order valence-corrected chi connectivity index (χ0v) is 14.6. The van der Waals surface area contributed by atoms with E-state index >= 15 is 0 Å². The Labute approximate surface area is 147 Å². The Bertz CT molecular complexity index is 733. The molecule has 0 fully saturated rings. The van der Waals surface area contributed by atoms with Crippen molar-refractivity contribution in [3.8, 4) is 11.5 Å². The Balaban J connectivity index is 1.88. The van der Waals surface area contributed by atoms with E-state index < -0.39 is 5.91 Å². The highest BCUT2D eigenvalue weighted by atomic mass is 79.9. The number of halogens is 2. The number of nitrogens with zero attached hydrogens (tertiary/aromatic N) is 1. The number of ether oxygens (including phenoxy) is 1. The van der Waals surface area contributed by atoms with Gasteiger partial charge in [0.2, 0.25) is 0 Å². The molecule has 2 aromatic carbocycles. The predicted octanol–water partition coefficient (Wildman–Crippen LogP) is 3.65. The maximum absolute atomic E-state index is 11.6. The molecular formula is C16H14BrClN2O3. The third-order valence-corrected chi connectivity index (χ3v) is 3.66. The number of hydrazone groups is 1. The van der Waals surface area contributed by atoms with Crippen molar-refractivity contribution in [1.82, 2.24) is 5.43 Å². The summed E-state index contributed by atoms with van der Waals surface area (Å²) in [4.78, 5) is 11.6. The van der Waals surface area contributed by atoms with E-state index in [1.165, 1.54) is 12.3 Å². The van der Waals surface area contributed by atoms with E-state index in [0.29, 0.717) is 20.8 Å². The van der Waals surface area contributed by atoms with Crippen LogP contribution in [-0.4, -0.2) is 23.8 Å². The Hall–Kier alpha value is -2.05. The second kappa shape index (κ2) is 7.99. The van der Waals surface area contributed by atoms with Crippen LogP contribution in [0.5, 0.6) is 11.5 Å². The summed E-state index contributed by atoms with van der Waals surface area (Å²) in [6.45, 7) is 1.81. The smallest absolute Gasteiger partial charge is 0.277 e. The number of nitrogens with one attached hydrogen (secondary N) is 1. The molecule has 0 saturated carbocycles. The molecule has 0 aliphatic carbocycles. The van der Waals surface area contributed by atoms with Crippen LogP contribution in [0.3, 0.4) is 0 Å². The first-order chi connectivity index (χ1) is 11.0. The van der Waals surface area contributed by atoms with Crippen LogP contribution in [0.25, 0.3) is 0 Å². The van der Waals surface area contributed by atoms with E-state index in [1.807, 2.05) is 19.1 Å². The molecule has 0 atom stereocenters. The number of aryl methyl sites for hydroxylation is 1. The third-order valence-electron chi connectivity index (χ3n) is 2.84. The van der Waals surface area contributed by atoms with Crippen LogP contribution in [0.4, 0.5) is 0 Å².